The Hall–Kier alpha value is -2.65. The molecule has 1 aromatic carbocycles. The monoisotopic (exact) mass is 353 g/mol. The largest absolute Gasteiger partial charge is 0.326 e. The molecule has 1 aromatic heterocycles. The number of thiophene rings is 1. The van der Waals surface area contributed by atoms with Gasteiger partial charge in [-0.2, -0.15) is 5.26 Å². The van der Waals surface area contributed by atoms with Crippen LogP contribution in [0.2, 0.25) is 0 Å². The summed E-state index contributed by atoms with van der Waals surface area (Å²) in [6.07, 6.45) is 2.88. The number of hydrogen-bond donors (Lipinski definition) is 1. The molecule has 25 heavy (non-hydrogen) atoms. The second kappa shape index (κ2) is 7.95. The number of likely N-dealkylation sites (tertiary alicyclic amines) is 1. The third-order valence-electron chi connectivity index (χ3n) is 4.30. The van der Waals surface area contributed by atoms with Gasteiger partial charge in [0.15, 0.2) is 0 Å². The van der Waals surface area contributed by atoms with Gasteiger partial charge in [-0.3, -0.25) is 9.59 Å². The van der Waals surface area contributed by atoms with Gasteiger partial charge in [-0.15, -0.1) is 11.3 Å². The van der Waals surface area contributed by atoms with Crippen molar-refractivity contribution in [3.8, 4) is 6.07 Å². The molecule has 1 N–H and O–H groups in total. The molecule has 0 saturated carbocycles. The van der Waals surface area contributed by atoms with Gasteiger partial charge in [-0.25, -0.2) is 0 Å². The highest BCUT2D eigenvalue weighted by molar-refractivity contribution is 7.12. The van der Waals surface area contributed by atoms with Crippen molar-refractivity contribution in [2.75, 3.05) is 11.9 Å². The van der Waals surface area contributed by atoms with Crippen LogP contribution < -0.4 is 5.32 Å². The third kappa shape index (κ3) is 4.06. The average Bonchev–Trinajstić information content (AvgIpc) is 3.17. The first-order valence-corrected chi connectivity index (χ1v) is 9.18. The van der Waals surface area contributed by atoms with Crippen LogP contribution in [0.4, 0.5) is 5.69 Å². The van der Waals surface area contributed by atoms with E-state index >= 15 is 0 Å². The van der Waals surface area contributed by atoms with Crippen LogP contribution in [0.15, 0.2) is 41.8 Å². The molecule has 0 aliphatic carbocycles. The van der Waals surface area contributed by atoms with Gasteiger partial charge in [-0.1, -0.05) is 18.2 Å². The molecule has 1 saturated heterocycles. The molecule has 3 rings (SSSR count). The van der Waals surface area contributed by atoms with E-state index in [2.05, 4.69) is 11.4 Å². The third-order valence-corrected chi connectivity index (χ3v) is 5.16. The van der Waals surface area contributed by atoms with Gasteiger partial charge in [0, 0.05) is 12.2 Å². The lowest BCUT2D eigenvalue weighted by molar-refractivity contribution is -0.121. The fourth-order valence-electron chi connectivity index (χ4n) is 3.01. The van der Waals surface area contributed by atoms with Gasteiger partial charge >= 0.3 is 0 Å². The van der Waals surface area contributed by atoms with Gasteiger partial charge in [-0.05, 0) is 48.4 Å². The number of carbonyl (C=O) groups is 2. The molecule has 2 aromatic rings. The maximum Gasteiger partial charge on any atom is 0.264 e. The van der Waals surface area contributed by atoms with Crippen LogP contribution in [0.5, 0.6) is 0 Å². The Balaban J connectivity index is 1.70. The minimum absolute atomic E-state index is 0.0702. The maximum absolute atomic E-state index is 12.7. The van der Waals surface area contributed by atoms with E-state index in [1.807, 2.05) is 23.6 Å². The normalized spacial score (nSPS) is 16.9. The van der Waals surface area contributed by atoms with Crippen LogP contribution in [0, 0.1) is 11.3 Å². The van der Waals surface area contributed by atoms with E-state index in [0.29, 0.717) is 30.0 Å². The summed E-state index contributed by atoms with van der Waals surface area (Å²) in [6.45, 7) is 0.607. The molecule has 0 bridgehead atoms. The SMILES string of the molecule is N#CCc1ccc(NC(=O)C2CCCCN2C(=O)c2cccs2)cc1. The summed E-state index contributed by atoms with van der Waals surface area (Å²) >= 11 is 1.40. The number of benzene rings is 1. The topological polar surface area (TPSA) is 73.2 Å². The van der Waals surface area contributed by atoms with Crippen molar-refractivity contribution in [1.29, 1.82) is 5.26 Å². The molecule has 5 nitrogen and oxygen atoms in total. The zero-order valence-corrected chi connectivity index (χ0v) is 14.6. The zero-order chi connectivity index (χ0) is 17.6. The number of carbonyl (C=O) groups excluding carboxylic acids is 2. The Bertz CT molecular complexity index is 778. The summed E-state index contributed by atoms with van der Waals surface area (Å²) in [5, 5.41) is 13.5. The summed E-state index contributed by atoms with van der Waals surface area (Å²) in [5.74, 6) is -0.225. The predicted molar refractivity (Wildman–Crippen MR) is 97.4 cm³/mol. The van der Waals surface area contributed by atoms with Crippen molar-refractivity contribution in [3.05, 3.63) is 52.2 Å². The Labute approximate surface area is 150 Å². The molecule has 6 heteroatoms. The summed E-state index contributed by atoms with van der Waals surface area (Å²) < 4.78 is 0. The fourth-order valence-corrected chi connectivity index (χ4v) is 3.69. The Kier molecular flexibility index (Phi) is 5.46. The molecule has 1 unspecified atom stereocenters. The molecule has 128 valence electrons. The van der Waals surface area contributed by atoms with Gasteiger partial charge < -0.3 is 10.2 Å². The van der Waals surface area contributed by atoms with Crippen LogP contribution in [0.3, 0.4) is 0 Å². The van der Waals surface area contributed by atoms with E-state index in [0.717, 1.165) is 18.4 Å². The molecule has 0 radical (unpaired) electrons. The number of nitrogens with zero attached hydrogens (tertiary/aromatic N) is 2. The highest BCUT2D eigenvalue weighted by Gasteiger charge is 2.33. The number of nitriles is 1. The van der Waals surface area contributed by atoms with Gasteiger partial charge in [0.25, 0.3) is 5.91 Å². The van der Waals surface area contributed by atoms with Crippen molar-refractivity contribution in [2.24, 2.45) is 0 Å². The second-order valence-electron chi connectivity index (χ2n) is 6.01. The van der Waals surface area contributed by atoms with Gasteiger partial charge in [0.1, 0.15) is 6.04 Å². The number of hydrogen-bond acceptors (Lipinski definition) is 4. The quantitative estimate of drug-likeness (QED) is 0.915. The molecular formula is C19H19N3O2S. The zero-order valence-electron chi connectivity index (χ0n) is 13.8. The summed E-state index contributed by atoms with van der Waals surface area (Å²) in [7, 11) is 0. The first-order chi connectivity index (χ1) is 12.2. The average molecular weight is 353 g/mol. The fraction of sp³-hybridized carbons (Fsp3) is 0.316. The molecule has 1 atom stereocenters. The molecule has 0 spiro atoms. The van der Waals surface area contributed by atoms with Crippen LogP contribution in [-0.4, -0.2) is 29.3 Å². The van der Waals surface area contributed by atoms with E-state index < -0.39 is 6.04 Å². The highest BCUT2D eigenvalue weighted by atomic mass is 32.1. The van der Waals surface area contributed by atoms with Crippen molar-refractivity contribution in [3.63, 3.8) is 0 Å². The van der Waals surface area contributed by atoms with Crippen LogP contribution in [-0.2, 0) is 11.2 Å². The number of amides is 2. The lowest BCUT2D eigenvalue weighted by Crippen LogP contribution is -2.49. The van der Waals surface area contributed by atoms with E-state index in [4.69, 9.17) is 5.26 Å². The molecule has 1 fully saturated rings. The molecule has 2 heterocycles. The summed E-state index contributed by atoms with van der Waals surface area (Å²) in [6, 6.07) is 12.5. The van der Waals surface area contributed by atoms with Crippen LogP contribution in [0.1, 0.15) is 34.5 Å². The predicted octanol–water partition coefficient (Wildman–Crippen LogP) is 3.45. The van der Waals surface area contributed by atoms with Gasteiger partial charge in [0.05, 0.1) is 17.4 Å². The first-order valence-electron chi connectivity index (χ1n) is 8.30. The number of anilines is 1. The Morgan fingerprint density at radius 1 is 1.24 bits per heavy atom. The van der Waals surface area contributed by atoms with Crippen LogP contribution >= 0.6 is 11.3 Å². The Morgan fingerprint density at radius 2 is 2.04 bits per heavy atom. The molecular weight excluding hydrogens is 334 g/mol. The molecule has 2 amide bonds. The van der Waals surface area contributed by atoms with E-state index in [1.165, 1.54) is 11.3 Å². The minimum atomic E-state index is -0.442. The van der Waals surface area contributed by atoms with E-state index in [-0.39, 0.29) is 11.8 Å². The van der Waals surface area contributed by atoms with Gasteiger partial charge in [0.2, 0.25) is 5.91 Å². The molecule has 1 aliphatic heterocycles. The van der Waals surface area contributed by atoms with E-state index in [1.54, 1.807) is 23.1 Å². The minimum Gasteiger partial charge on any atom is -0.326 e. The van der Waals surface area contributed by atoms with Crippen molar-refractivity contribution in [1.82, 2.24) is 4.90 Å². The lowest BCUT2D eigenvalue weighted by atomic mass is 10.0. The summed E-state index contributed by atoms with van der Waals surface area (Å²) in [4.78, 5) is 27.7. The molecule has 1 aliphatic rings. The van der Waals surface area contributed by atoms with Crippen molar-refractivity contribution in [2.45, 2.75) is 31.7 Å². The Morgan fingerprint density at radius 3 is 2.72 bits per heavy atom. The number of nitrogens with one attached hydrogen (secondary N) is 1. The van der Waals surface area contributed by atoms with Crippen molar-refractivity contribution < 1.29 is 9.59 Å². The standard InChI is InChI=1S/C19H19N3O2S/c20-11-10-14-6-8-15(9-7-14)21-18(23)16-4-1-2-12-22(16)19(24)17-5-3-13-25-17/h3,5-9,13,16H,1-2,4,10,12H2,(H,21,23). The first kappa shape index (κ1) is 17.2. The van der Waals surface area contributed by atoms with Crippen LogP contribution in [0.25, 0.3) is 0 Å². The maximum atomic E-state index is 12.7. The number of piperidine rings is 1. The number of rotatable bonds is 4. The van der Waals surface area contributed by atoms with E-state index in [9.17, 15) is 9.59 Å². The smallest absolute Gasteiger partial charge is 0.264 e. The summed E-state index contributed by atoms with van der Waals surface area (Å²) in [5.41, 5.74) is 1.59. The van der Waals surface area contributed by atoms with Crippen molar-refractivity contribution >= 4 is 28.8 Å². The highest BCUT2D eigenvalue weighted by Crippen LogP contribution is 2.23. The lowest BCUT2D eigenvalue weighted by Gasteiger charge is -2.34. The second-order valence-corrected chi connectivity index (χ2v) is 6.96.